The highest BCUT2D eigenvalue weighted by molar-refractivity contribution is 6.03. The van der Waals surface area contributed by atoms with E-state index in [1.165, 1.54) is 30.3 Å². The van der Waals surface area contributed by atoms with Crippen molar-refractivity contribution in [3.8, 4) is 11.5 Å². The number of halogens is 3. The molecule has 5 rings (SSSR count). The van der Waals surface area contributed by atoms with Crippen LogP contribution in [0.1, 0.15) is 50.8 Å². The molecule has 0 radical (unpaired) electrons. The summed E-state index contributed by atoms with van der Waals surface area (Å²) in [4.78, 5) is 13.5. The van der Waals surface area contributed by atoms with Crippen molar-refractivity contribution >= 4 is 22.5 Å². The van der Waals surface area contributed by atoms with Crippen molar-refractivity contribution in [1.29, 1.82) is 0 Å². The summed E-state index contributed by atoms with van der Waals surface area (Å²) in [5, 5.41) is 27.5. The zero-order chi connectivity index (χ0) is 32.6. The number of benzene rings is 2. The van der Waals surface area contributed by atoms with Crippen LogP contribution < -0.4 is 20.1 Å². The number of anilines is 1. The fourth-order valence-corrected chi connectivity index (χ4v) is 5.75. The van der Waals surface area contributed by atoms with Crippen LogP contribution >= 0.6 is 0 Å². The highest BCUT2D eigenvalue weighted by atomic mass is 19.3. The number of fused-ring (bicyclic) bond motifs is 2. The maximum atomic E-state index is 15.6. The summed E-state index contributed by atoms with van der Waals surface area (Å²) in [6.07, 6.45) is -2.49. The quantitative estimate of drug-likeness (QED) is 0.143. The van der Waals surface area contributed by atoms with Crippen molar-refractivity contribution in [2.24, 2.45) is 0 Å². The molecule has 0 saturated heterocycles. The zero-order valence-corrected chi connectivity index (χ0v) is 25.8. The van der Waals surface area contributed by atoms with E-state index in [9.17, 15) is 23.8 Å². The zero-order valence-electron chi connectivity index (χ0n) is 25.8. The van der Waals surface area contributed by atoms with Gasteiger partial charge in [0.1, 0.15) is 5.82 Å². The van der Waals surface area contributed by atoms with Crippen molar-refractivity contribution in [2.45, 2.75) is 75.6 Å². The minimum absolute atomic E-state index is 0.0378. The van der Waals surface area contributed by atoms with E-state index in [0.717, 1.165) is 6.42 Å². The molecule has 13 heteroatoms. The summed E-state index contributed by atoms with van der Waals surface area (Å²) in [6, 6.07) is 8.89. The van der Waals surface area contributed by atoms with E-state index >= 15 is 4.39 Å². The Bertz CT molecular complexity index is 1540. The average molecular weight is 636 g/mol. The van der Waals surface area contributed by atoms with Gasteiger partial charge in [0, 0.05) is 43.3 Å². The van der Waals surface area contributed by atoms with Gasteiger partial charge in [-0.15, -0.1) is 8.78 Å². The topological polar surface area (TPSA) is 123 Å². The van der Waals surface area contributed by atoms with Crippen LogP contribution in [-0.4, -0.2) is 73.3 Å². The van der Waals surface area contributed by atoms with Gasteiger partial charge in [0.15, 0.2) is 17.8 Å². The van der Waals surface area contributed by atoms with Crippen LogP contribution in [-0.2, 0) is 31.6 Å². The van der Waals surface area contributed by atoms with Gasteiger partial charge in [-0.3, -0.25) is 4.79 Å². The molecule has 3 aromatic rings. The lowest BCUT2D eigenvalue weighted by molar-refractivity contribution is -0.286. The molecule has 246 valence electrons. The van der Waals surface area contributed by atoms with Crippen LogP contribution in [0.4, 0.5) is 18.9 Å². The number of methoxy groups -OCH3 is 2. The Hall–Kier alpha value is -3.36. The van der Waals surface area contributed by atoms with Crippen LogP contribution in [0.5, 0.6) is 11.5 Å². The number of carbonyl (C=O) groups is 1. The number of nitrogens with one attached hydrogen (secondary N) is 2. The average Bonchev–Trinajstić information content (AvgIpc) is 3.65. The van der Waals surface area contributed by atoms with Crippen LogP contribution in [0.2, 0.25) is 0 Å². The number of aliphatic hydroxyl groups excluding tert-OH is 2. The van der Waals surface area contributed by atoms with Gasteiger partial charge in [-0.2, -0.15) is 0 Å². The first kappa shape index (κ1) is 33.0. The third-order valence-electron chi connectivity index (χ3n) is 8.56. The molecule has 1 amide bonds. The fourth-order valence-electron chi connectivity index (χ4n) is 5.75. The highest BCUT2D eigenvalue weighted by Gasteiger charge is 2.53. The van der Waals surface area contributed by atoms with E-state index in [4.69, 9.17) is 9.47 Å². The monoisotopic (exact) mass is 635 g/mol. The lowest BCUT2D eigenvalue weighted by Gasteiger charge is -2.26. The van der Waals surface area contributed by atoms with Crippen LogP contribution in [0.3, 0.4) is 0 Å². The number of ether oxygens (including phenoxy) is 4. The number of carbonyl (C=O) groups excluding carboxylic acids is 1. The Morgan fingerprint density at radius 3 is 2.49 bits per heavy atom. The molecule has 4 N–H and O–H groups in total. The second kappa shape index (κ2) is 12.8. The molecule has 1 fully saturated rings. The molecular weight excluding hydrogens is 595 g/mol. The minimum Gasteiger partial charge on any atom is -0.395 e. The first-order valence-corrected chi connectivity index (χ1v) is 14.9. The highest BCUT2D eigenvalue weighted by Crippen LogP contribution is 2.52. The molecule has 0 unspecified atom stereocenters. The van der Waals surface area contributed by atoms with Gasteiger partial charge in [-0.05, 0) is 62.1 Å². The predicted molar refractivity (Wildman–Crippen MR) is 160 cm³/mol. The van der Waals surface area contributed by atoms with Crippen LogP contribution in [0.15, 0.2) is 36.4 Å². The fraction of sp³-hybridized carbons (Fsp3) is 0.531. The standard InChI is InChI=1S/C32H40F3N3O7/c1-30(2,18-39)27-13-19-12-23(22(33)15-24(19)38(27)17-21(40)16-36-11-5-6-28(42-3)43-4)37-29(41)31(9-10-31)20-7-8-25-26(14-20)45-32(34,35)44-25/h7-8,12-15,21,28,36,39-40H,5-6,9-11,16-18H2,1-4H3,(H,37,41)/t21-/m0/s1. The molecule has 1 aliphatic carbocycles. The molecular formula is C32H40F3N3O7. The molecule has 45 heavy (non-hydrogen) atoms. The van der Waals surface area contributed by atoms with Gasteiger partial charge in [0.2, 0.25) is 5.91 Å². The number of aromatic nitrogens is 1. The minimum atomic E-state index is -3.77. The number of amides is 1. The lowest BCUT2D eigenvalue weighted by Crippen LogP contribution is -2.33. The van der Waals surface area contributed by atoms with Crippen molar-refractivity contribution in [1.82, 2.24) is 9.88 Å². The molecule has 1 saturated carbocycles. The van der Waals surface area contributed by atoms with Crippen molar-refractivity contribution in [2.75, 3.05) is 39.2 Å². The first-order chi connectivity index (χ1) is 21.3. The Kier molecular flexibility index (Phi) is 9.39. The summed E-state index contributed by atoms with van der Waals surface area (Å²) in [5.74, 6) is -1.42. The third kappa shape index (κ3) is 6.92. The normalized spacial score (nSPS) is 17.2. The molecule has 2 heterocycles. The van der Waals surface area contributed by atoms with E-state index in [-0.39, 0.29) is 36.6 Å². The van der Waals surface area contributed by atoms with E-state index in [2.05, 4.69) is 20.1 Å². The maximum Gasteiger partial charge on any atom is 0.586 e. The largest absolute Gasteiger partial charge is 0.586 e. The first-order valence-electron chi connectivity index (χ1n) is 14.9. The molecule has 1 aromatic heterocycles. The Balaban J connectivity index is 1.33. The number of hydrogen-bond acceptors (Lipinski definition) is 8. The molecule has 1 aliphatic heterocycles. The number of aliphatic hydroxyl groups is 2. The van der Waals surface area contributed by atoms with Crippen LogP contribution in [0.25, 0.3) is 10.9 Å². The van der Waals surface area contributed by atoms with Gasteiger partial charge < -0.3 is 44.4 Å². The van der Waals surface area contributed by atoms with E-state index < -0.39 is 35.0 Å². The number of rotatable bonds is 15. The molecule has 1 atom stereocenters. The molecule has 10 nitrogen and oxygen atoms in total. The van der Waals surface area contributed by atoms with Crippen molar-refractivity contribution < 1.29 is 47.1 Å². The third-order valence-corrected chi connectivity index (χ3v) is 8.56. The van der Waals surface area contributed by atoms with E-state index in [1.807, 2.05) is 19.9 Å². The SMILES string of the molecule is COC(CCCNC[C@H](O)Cn1c(C(C)(C)CO)cc2cc(NC(=O)C3(c4ccc5c(c4)OC(F)(F)O5)CC3)c(F)cc21)OC. The molecule has 2 aliphatic rings. The summed E-state index contributed by atoms with van der Waals surface area (Å²) in [7, 11) is 3.16. The molecule has 2 aromatic carbocycles. The van der Waals surface area contributed by atoms with Gasteiger partial charge in [0.05, 0.1) is 35.9 Å². The van der Waals surface area contributed by atoms with Gasteiger partial charge in [0.25, 0.3) is 0 Å². The van der Waals surface area contributed by atoms with Gasteiger partial charge in [-0.1, -0.05) is 19.9 Å². The lowest BCUT2D eigenvalue weighted by atomic mass is 9.90. The van der Waals surface area contributed by atoms with Gasteiger partial charge >= 0.3 is 6.29 Å². The van der Waals surface area contributed by atoms with Crippen molar-refractivity contribution in [3.63, 3.8) is 0 Å². The number of alkyl halides is 2. The summed E-state index contributed by atoms with van der Waals surface area (Å²) >= 11 is 0. The smallest absolute Gasteiger partial charge is 0.395 e. The van der Waals surface area contributed by atoms with Crippen LogP contribution in [0, 0.1) is 5.82 Å². The predicted octanol–water partition coefficient (Wildman–Crippen LogP) is 4.39. The second-order valence-corrected chi connectivity index (χ2v) is 12.3. The Labute approximate surface area is 259 Å². The molecule has 0 spiro atoms. The summed E-state index contributed by atoms with van der Waals surface area (Å²) < 4.78 is 63.8. The van der Waals surface area contributed by atoms with E-state index in [1.54, 1.807) is 18.8 Å². The summed E-state index contributed by atoms with van der Waals surface area (Å²) in [6.45, 7) is 4.58. The Morgan fingerprint density at radius 2 is 1.82 bits per heavy atom. The Morgan fingerprint density at radius 1 is 1.11 bits per heavy atom. The summed E-state index contributed by atoms with van der Waals surface area (Å²) in [5.41, 5.74) is -0.0969. The number of hydrogen-bond donors (Lipinski definition) is 4. The number of nitrogens with zero attached hydrogens (tertiary/aromatic N) is 1. The van der Waals surface area contributed by atoms with Crippen molar-refractivity contribution in [3.05, 3.63) is 53.5 Å². The van der Waals surface area contributed by atoms with Gasteiger partial charge in [-0.25, -0.2) is 4.39 Å². The second-order valence-electron chi connectivity index (χ2n) is 12.3. The maximum absolute atomic E-state index is 15.6. The molecule has 0 bridgehead atoms. The van der Waals surface area contributed by atoms with E-state index in [0.29, 0.717) is 54.5 Å².